The van der Waals surface area contributed by atoms with Crippen LogP contribution in [0.4, 0.5) is 11.4 Å². The Bertz CT molecular complexity index is 1350. The summed E-state index contributed by atoms with van der Waals surface area (Å²) in [5.74, 6) is 0.336. The van der Waals surface area contributed by atoms with E-state index in [1.165, 1.54) is 11.8 Å². The van der Waals surface area contributed by atoms with Crippen molar-refractivity contribution < 1.29 is 9.59 Å². The van der Waals surface area contributed by atoms with Gasteiger partial charge in [-0.2, -0.15) is 0 Å². The molecule has 3 aromatic carbocycles. The van der Waals surface area contributed by atoms with Crippen LogP contribution in [0.25, 0.3) is 11.3 Å². The van der Waals surface area contributed by atoms with Crippen LogP contribution in [0.3, 0.4) is 0 Å². The zero-order valence-electron chi connectivity index (χ0n) is 20.6. The first-order valence-corrected chi connectivity index (χ1v) is 14.1. The smallest absolute Gasteiger partial charge is 0.253 e. The van der Waals surface area contributed by atoms with Gasteiger partial charge in [0.15, 0.2) is 4.34 Å². The van der Waals surface area contributed by atoms with Gasteiger partial charge in [-0.05, 0) is 43.3 Å². The quantitative estimate of drug-likeness (QED) is 0.307. The van der Waals surface area contributed by atoms with Crippen molar-refractivity contribution in [2.75, 3.05) is 42.1 Å². The van der Waals surface area contributed by atoms with Crippen molar-refractivity contribution in [3.8, 4) is 11.3 Å². The molecule has 2 heterocycles. The SMILES string of the molecule is Cc1ccc(C(=O)N2CCN(c3ccc(NC(=O)CSc4nc(-c5ccccc5)cs4)cc3)CC2)cc1. The summed E-state index contributed by atoms with van der Waals surface area (Å²) in [7, 11) is 0. The molecule has 6 nitrogen and oxygen atoms in total. The summed E-state index contributed by atoms with van der Waals surface area (Å²) in [5.41, 5.74) is 5.76. The number of nitrogens with one attached hydrogen (secondary N) is 1. The molecule has 1 aliphatic heterocycles. The Kier molecular flexibility index (Phi) is 7.87. The summed E-state index contributed by atoms with van der Waals surface area (Å²) in [4.78, 5) is 34.1. The Balaban J connectivity index is 1.08. The zero-order chi connectivity index (χ0) is 25.6. The number of nitrogens with zero attached hydrogens (tertiary/aromatic N) is 3. The molecule has 1 aromatic heterocycles. The summed E-state index contributed by atoms with van der Waals surface area (Å²) in [6.07, 6.45) is 0. The lowest BCUT2D eigenvalue weighted by atomic mass is 10.1. The van der Waals surface area contributed by atoms with Crippen molar-refractivity contribution in [1.29, 1.82) is 0 Å². The van der Waals surface area contributed by atoms with Gasteiger partial charge in [0.05, 0.1) is 11.4 Å². The van der Waals surface area contributed by atoms with Gasteiger partial charge in [0.25, 0.3) is 5.91 Å². The van der Waals surface area contributed by atoms with E-state index in [1.807, 2.05) is 96.1 Å². The minimum Gasteiger partial charge on any atom is -0.368 e. The van der Waals surface area contributed by atoms with Gasteiger partial charge in [-0.25, -0.2) is 4.98 Å². The standard InChI is InChI=1S/C29H28N4O2S2/c1-21-7-9-23(10-8-21)28(35)33-17-15-32(16-18-33)25-13-11-24(12-14-25)30-27(34)20-37-29-31-26(19-36-29)22-5-3-2-4-6-22/h2-14,19H,15-18,20H2,1H3,(H,30,34). The predicted octanol–water partition coefficient (Wildman–Crippen LogP) is 5.81. The lowest BCUT2D eigenvalue weighted by Gasteiger charge is -2.36. The predicted molar refractivity (Wildman–Crippen MR) is 153 cm³/mol. The van der Waals surface area contributed by atoms with Crippen molar-refractivity contribution in [3.63, 3.8) is 0 Å². The molecule has 1 fully saturated rings. The van der Waals surface area contributed by atoms with E-state index in [0.717, 1.165) is 51.2 Å². The molecule has 5 rings (SSSR count). The molecular weight excluding hydrogens is 500 g/mol. The molecule has 0 bridgehead atoms. The third-order valence-corrected chi connectivity index (χ3v) is 8.28. The highest BCUT2D eigenvalue weighted by Crippen LogP contribution is 2.28. The first kappa shape index (κ1) is 25.0. The summed E-state index contributed by atoms with van der Waals surface area (Å²) in [6, 6.07) is 25.7. The van der Waals surface area contributed by atoms with Crippen LogP contribution in [-0.4, -0.2) is 53.6 Å². The number of aryl methyl sites for hydroxylation is 1. The molecule has 1 saturated heterocycles. The number of anilines is 2. The first-order valence-electron chi connectivity index (χ1n) is 12.2. The number of hydrogen-bond donors (Lipinski definition) is 1. The van der Waals surface area contributed by atoms with Crippen molar-refractivity contribution in [2.45, 2.75) is 11.3 Å². The van der Waals surface area contributed by atoms with E-state index < -0.39 is 0 Å². The number of benzene rings is 3. The van der Waals surface area contributed by atoms with Crippen LogP contribution in [0.2, 0.25) is 0 Å². The average molecular weight is 529 g/mol. The van der Waals surface area contributed by atoms with E-state index in [2.05, 4.69) is 15.2 Å². The number of amides is 2. The van der Waals surface area contributed by atoms with Gasteiger partial charge in [0.1, 0.15) is 0 Å². The van der Waals surface area contributed by atoms with E-state index in [0.29, 0.717) is 18.8 Å². The highest BCUT2D eigenvalue weighted by molar-refractivity contribution is 8.01. The number of aromatic nitrogens is 1. The molecule has 188 valence electrons. The molecule has 4 aromatic rings. The third-order valence-electron chi connectivity index (χ3n) is 6.26. The minimum atomic E-state index is -0.0579. The Morgan fingerprint density at radius 2 is 1.62 bits per heavy atom. The molecule has 0 unspecified atom stereocenters. The second kappa shape index (κ2) is 11.6. The topological polar surface area (TPSA) is 65.5 Å². The maximum atomic E-state index is 12.8. The van der Waals surface area contributed by atoms with Crippen LogP contribution in [0.15, 0.2) is 88.6 Å². The van der Waals surface area contributed by atoms with Gasteiger partial charge in [-0.3, -0.25) is 9.59 Å². The molecule has 0 spiro atoms. The number of hydrogen-bond acceptors (Lipinski definition) is 6. The maximum absolute atomic E-state index is 12.8. The Morgan fingerprint density at radius 1 is 0.919 bits per heavy atom. The van der Waals surface area contributed by atoms with E-state index in [-0.39, 0.29) is 11.8 Å². The zero-order valence-corrected chi connectivity index (χ0v) is 22.2. The largest absolute Gasteiger partial charge is 0.368 e. The van der Waals surface area contributed by atoms with E-state index in [4.69, 9.17) is 0 Å². The molecule has 0 atom stereocenters. The first-order chi connectivity index (χ1) is 18.0. The van der Waals surface area contributed by atoms with Crippen LogP contribution in [0, 0.1) is 6.92 Å². The fraction of sp³-hybridized carbons (Fsp3) is 0.207. The molecule has 2 amide bonds. The van der Waals surface area contributed by atoms with Crippen molar-refractivity contribution >= 4 is 46.3 Å². The second-order valence-electron chi connectivity index (χ2n) is 8.89. The molecular formula is C29H28N4O2S2. The van der Waals surface area contributed by atoms with E-state index in [9.17, 15) is 9.59 Å². The van der Waals surface area contributed by atoms with E-state index in [1.54, 1.807) is 11.3 Å². The molecule has 37 heavy (non-hydrogen) atoms. The summed E-state index contributed by atoms with van der Waals surface area (Å²) in [5, 5.41) is 4.99. The highest BCUT2D eigenvalue weighted by atomic mass is 32.2. The Hall–Kier alpha value is -3.62. The molecule has 0 aliphatic carbocycles. The van der Waals surface area contributed by atoms with Gasteiger partial charge in [0.2, 0.25) is 5.91 Å². The average Bonchev–Trinajstić information content (AvgIpc) is 3.42. The highest BCUT2D eigenvalue weighted by Gasteiger charge is 2.22. The number of piperazine rings is 1. The van der Waals surface area contributed by atoms with Crippen molar-refractivity contribution in [1.82, 2.24) is 9.88 Å². The number of thioether (sulfide) groups is 1. The number of carbonyl (C=O) groups excluding carboxylic acids is 2. The van der Waals surface area contributed by atoms with Crippen LogP contribution < -0.4 is 10.2 Å². The second-order valence-corrected chi connectivity index (χ2v) is 11.0. The van der Waals surface area contributed by atoms with Crippen LogP contribution >= 0.6 is 23.1 Å². The van der Waals surface area contributed by atoms with Crippen molar-refractivity contribution in [2.24, 2.45) is 0 Å². The fourth-order valence-corrected chi connectivity index (χ4v) is 5.83. The summed E-state index contributed by atoms with van der Waals surface area (Å²) < 4.78 is 0.879. The van der Waals surface area contributed by atoms with Gasteiger partial charge in [0, 0.05) is 54.1 Å². The van der Waals surface area contributed by atoms with Crippen LogP contribution in [0.1, 0.15) is 15.9 Å². The monoisotopic (exact) mass is 528 g/mol. The molecule has 1 aliphatic rings. The van der Waals surface area contributed by atoms with Crippen LogP contribution in [0.5, 0.6) is 0 Å². The molecule has 0 saturated carbocycles. The number of carbonyl (C=O) groups is 2. The van der Waals surface area contributed by atoms with E-state index >= 15 is 0 Å². The maximum Gasteiger partial charge on any atom is 0.253 e. The van der Waals surface area contributed by atoms with Gasteiger partial charge in [-0.15, -0.1) is 11.3 Å². The molecule has 8 heteroatoms. The number of thiazole rings is 1. The molecule has 0 radical (unpaired) electrons. The Morgan fingerprint density at radius 3 is 2.32 bits per heavy atom. The van der Waals surface area contributed by atoms with Gasteiger partial charge >= 0.3 is 0 Å². The lowest BCUT2D eigenvalue weighted by Crippen LogP contribution is -2.48. The van der Waals surface area contributed by atoms with Crippen LogP contribution in [-0.2, 0) is 4.79 Å². The van der Waals surface area contributed by atoms with Gasteiger partial charge in [-0.1, -0.05) is 59.8 Å². The minimum absolute atomic E-state index is 0.0579. The number of rotatable bonds is 7. The summed E-state index contributed by atoms with van der Waals surface area (Å²) >= 11 is 3.00. The molecule has 1 N–H and O–H groups in total. The fourth-order valence-electron chi connectivity index (χ4n) is 4.19. The lowest BCUT2D eigenvalue weighted by molar-refractivity contribution is -0.113. The normalized spacial score (nSPS) is 13.4. The third kappa shape index (κ3) is 6.39. The Labute approximate surface area is 225 Å². The summed E-state index contributed by atoms with van der Waals surface area (Å²) in [6.45, 7) is 4.95. The van der Waals surface area contributed by atoms with Gasteiger partial charge < -0.3 is 15.1 Å². The van der Waals surface area contributed by atoms with Crippen molar-refractivity contribution in [3.05, 3.63) is 95.4 Å².